The van der Waals surface area contributed by atoms with E-state index >= 15 is 0 Å². The summed E-state index contributed by atoms with van der Waals surface area (Å²) in [6.45, 7) is 1.03. The third-order valence-corrected chi connectivity index (χ3v) is 4.06. The van der Waals surface area contributed by atoms with Crippen LogP contribution in [0.3, 0.4) is 0 Å². The van der Waals surface area contributed by atoms with E-state index in [0.29, 0.717) is 35.3 Å². The highest BCUT2D eigenvalue weighted by atomic mass is 35.5. The molecule has 0 aliphatic heterocycles. The van der Waals surface area contributed by atoms with E-state index in [1.54, 1.807) is 30.3 Å². The van der Waals surface area contributed by atoms with E-state index in [-0.39, 0.29) is 29.6 Å². The number of carbonyl (C=O) groups excluding carboxylic acids is 1. The highest BCUT2D eigenvalue weighted by Crippen LogP contribution is 2.27. The fraction of sp³-hybridized carbons (Fsp3) is 0.286. The number of rotatable bonds is 8. The lowest BCUT2D eigenvalue weighted by atomic mass is 10.00. The van der Waals surface area contributed by atoms with E-state index in [4.69, 9.17) is 0 Å². The average molecular weight is 420 g/mol. The lowest BCUT2D eigenvalue weighted by Crippen LogP contribution is -2.15. The van der Waals surface area contributed by atoms with Crippen LogP contribution in [-0.2, 0) is 13.1 Å². The average Bonchev–Trinajstić information content (AvgIpc) is 2.62. The fourth-order valence-electron chi connectivity index (χ4n) is 2.80. The van der Waals surface area contributed by atoms with E-state index < -0.39 is 4.92 Å². The smallest absolute Gasteiger partial charge is 0.269 e. The van der Waals surface area contributed by atoms with Crippen molar-refractivity contribution < 1.29 is 14.8 Å². The van der Waals surface area contributed by atoms with Crippen LogP contribution in [0.2, 0.25) is 0 Å². The molecular formula is C21H26ClN3O4. The van der Waals surface area contributed by atoms with Crippen molar-refractivity contribution in [2.75, 3.05) is 28.2 Å². The Hall–Kier alpha value is -2.74. The zero-order valence-electron chi connectivity index (χ0n) is 17.0. The monoisotopic (exact) mass is 419 g/mol. The fourth-order valence-corrected chi connectivity index (χ4v) is 2.80. The van der Waals surface area contributed by atoms with Crippen molar-refractivity contribution >= 4 is 30.0 Å². The van der Waals surface area contributed by atoms with Crippen LogP contribution in [0.1, 0.15) is 27.0 Å². The standard InChI is InChI=1S/C21H25N3O4.ClH/c1-22(2)13-17-11-16(12-18(21(17)26)14-23(3)4)20(25)10-7-15-5-8-19(9-6-15)24(27)28;/h5-12,26H,13-14H2,1-4H3;1H. The number of nitro groups is 1. The van der Waals surface area contributed by atoms with Crippen LogP contribution in [0.15, 0.2) is 42.5 Å². The molecule has 29 heavy (non-hydrogen) atoms. The second kappa shape index (κ2) is 10.7. The van der Waals surface area contributed by atoms with Crippen molar-refractivity contribution in [3.05, 3.63) is 74.8 Å². The highest BCUT2D eigenvalue weighted by Gasteiger charge is 2.14. The minimum absolute atomic E-state index is 0. The summed E-state index contributed by atoms with van der Waals surface area (Å²) in [5.74, 6) is 0.0108. The number of phenolic OH excluding ortho intramolecular Hbond substituents is 1. The Morgan fingerprint density at radius 1 is 1.03 bits per heavy atom. The molecule has 0 atom stereocenters. The first-order chi connectivity index (χ1) is 13.2. The molecule has 0 bridgehead atoms. The number of carbonyl (C=O) groups is 1. The number of ketones is 1. The first kappa shape index (κ1) is 24.3. The number of phenols is 1. The van der Waals surface area contributed by atoms with E-state index in [1.165, 1.54) is 18.2 Å². The van der Waals surface area contributed by atoms with Gasteiger partial charge in [0.05, 0.1) is 4.92 Å². The molecule has 0 saturated carbocycles. The van der Waals surface area contributed by atoms with Crippen LogP contribution < -0.4 is 0 Å². The Morgan fingerprint density at radius 2 is 1.52 bits per heavy atom. The minimum atomic E-state index is -0.465. The van der Waals surface area contributed by atoms with E-state index in [2.05, 4.69) is 0 Å². The van der Waals surface area contributed by atoms with Crippen molar-refractivity contribution in [3.8, 4) is 5.75 Å². The third kappa shape index (κ3) is 6.98. The second-order valence-corrected chi connectivity index (χ2v) is 7.16. The predicted octanol–water partition coefficient (Wildman–Crippen LogP) is 3.74. The van der Waals surface area contributed by atoms with Gasteiger partial charge in [0, 0.05) is 41.9 Å². The Bertz CT molecular complexity index is 862. The molecule has 1 N–H and O–H groups in total. The number of nitro benzene ring substituents is 1. The molecule has 2 aromatic carbocycles. The Labute approximate surface area is 176 Å². The lowest BCUT2D eigenvalue weighted by molar-refractivity contribution is -0.384. The van der Waals surface area contributed by atoms with Gasteiger partial charge in [-0.15, -0.1) is 12.4 Å². The summed E-state index contributed by atoms with van der Waals surface area (Å²) in [6, 6.07) is 9.39. The summed E-state index contributed by atoms with van der Waals surface area (Å²) in [5.41, 5.74) is 2.57. The normalized spacial score (nSPS) is 11.1. The molecule has 0 fully saturated rings. The van der Waals surface area contributed by atoms with Crippen molar-refractivity contribution in [3.63, 3.8) is 0 Å². The minimum Gasteiger partial charge on any atom is -0.507 e. The van der Waals surface area contributed by atoms with E-state index in [9.17, 15) is 20.0 Å². The summed E-state index contributed by atoms with van der Waals surface area (Å²) in [4.78, 5) is 26.8. The number of aromatic hydroxyl groups is 1. The Balaban J connectivity index is 0.00000420. The van der Waals surface area contributed by atoms with Gasteiger partial charge in [-0.05, 0) is 64.1 Å². The lowest BCUT2D eigenvalue weighted by Gasteiger charge is -2.17. The summed E-state index contributed by atoms with van der Waals surface area (Å²) < 4.78 is 0. The molecule has 8 heteroatoms. The van der Waals surface area contributed by atoms with Crippen molar-refractivity contribution in [1.29, 1.82) is 0 Å². The summed E-state index contributed by atoms with van der Waals surface area (Å²) in [5, 5.41) is 21.2. The third-order valence-electron chi connectivity index (χ3n) is 4.06. The number of hydrogen-bond donors (Lipinski definition) is 1. The molecule has 0 aliphatic carbocycles. The first-order valence-corrected chi connectivity index (χ1v) is 8.78. The van der Waals surface area contributed by atoms with Crippen LogP contribution in [0, 0.1) is 10.1 Å². The largest absolute Gasteiger partial charge is 0.507 e. The van der Waals surface area contributed by atoms with E-state index in [0.717, 1.165) is 0 Å². The van der Waals surface area contributed by atoms with Gasteiger partial charge in [-0.2, -0.15) is 0 Å². The highest BCUT2D eigenvalue weighted by molar-refractivity contribution is 6.07. The van der Waals surface area contributed by atoms with Gasteiger partial charge in [0.25, 0.3) is 5.69 Å². The summed E-state index contributed by atoms with van der Waals surface area (Å²) in [7, 11) is 7.59. The molecule has 2 aromatic rings. The molecule has 0 amide bonds. The van der Waals surface area contributed by atoms with Crippen LogP contribution >= 0.6 is 12.4 Å². The maximum atomic E-state index is 12.7. The molecule has 2 rings (SSSR count). The molecule has 0 heterocycles. The quantitative estimate of drug-likeness (QED) is 0.303. The topological polar surface area (TPSA) is 86.9 Å². The van der Waals surface area contributed by atoms with Crippen LogP contribution in [0.5, 0.6) is 5.75 Å². The maximum absolute atomic E-state index is 12.7. The van der Waals surface area contributed by atoms with Gasteiger partial charge < -0.3 is 14.9 Å². The summed E-state index contributed by atoms with van der Waals surface area (Å²) in [6.07, 6.45) is 3.06. The first-order valence-electron chi connectivity index (χ1n) is 8.78. The molecule has 0 unspecified atom stereocenters. The van der Waals surface area contributed by atoms with Crippen LogP contribution in [0.25, 0.3) is 6.08 Å². The Kier molecular flexibility index (Phi) is 8.97. The molecule has 156 valence electrons. The van der Waals surface area contributed by atoms with Gasteiger partial charge in [0.15, 0.2) is 5.78 Å². The number of allylic oxidation sites excluding steroid dienone is 1. The zero-order valence-corrected chi connectivity index (χ0v) is 17.8. The van der Waals surface area contributed by atoms with Gasteiger partial charge in [-0.1, -0.05) is 6.08 Å². The predicted molar refractivity (Wildman–Crippen MR) is 117 cm³/mol. The SMILES string of the molecule is CN(C)Cc1cc(C(=O)C=Cc2ccc([N+](=O)[O-])cc2)cc(CN(C)C)c1O.Cl. The zero-order chi connectivity index (χ0) is 20.8. The molecule has 7 nitrogen and oxygen atoms in total. The molecule has 0 aliphatic rings. The number of nitrogens with zero attached hydrogens (tertiary/aromatic N) is 3. The number of hydrogen-bond acceptors (Lipinski definition) is 6. The maximum Gasteiger partial charge on any atom is 0.269 e. The molecule has 0 radical (unpaired) electrons. The second-order valence-electron chi connectivity index (χ2n) is 7.16. The van der Waals surface area contributed by atoms with Gasteiger partial charge in [-0.25, -0.2) is 0 Å². The molecule has 0 saturated heterocycles. The molecule has 0 spiro atoms. The van der Waals surface area contributed by atoms with Gasteiger partial charge >= 0.3 is 0 Å². The number of benzene rings is 2. The van der Waals surface area contributed by atoms with Crippen LogP contribution in [-0.4, -0.2) is 53.8 Å². The van der Waals surface area contributed by atoms with Crippen molar-refractivity contribution in [1.82, 2.24) is 9.80 Å². The Morgan fingerprint density at radius 3 is 1.93 bits per heavy atom. The molecular weight excluding hydrogens is 394 g/mol. The van der Waals surface area contributed by atoms with Crippen molar-refractivity contribution in [2.24, 2.45) is 0 Å². The number of non-ortho nitro benzene ring substituents is 1. The van der Waals surface area contributed by atoms with Crippen molar-refractivity contribution in [2.45, 2.75) is 13.1 Å². The van der Waals surface area contributed by atoms with Gasteiger partial charge in [0.2, 0.25) is 0 Å². The van der Waals surface area contributed by atoms with Gasteiger partial charge in [0.1, 0.15) is 5.75 Å². The molecule has 0 aromatic heterocycles. The summed E-state index contributed by atoms with van der Waals surface area (Å²) >= 11 is 0. The van der Waals surface area contributed by atoms with E-state index in [1.807, 2.05) is 38.0 Å². The van der Waals surface area contributed by atoms with Gasteiger partial charge in [-0.3, -0.25) is 14.9 Å². The van der Waals surface area contributed by atoms with Crippen LogP contribution in [0.4, 0.5) is 5.69 Å². The number of halogens is 1.